The average molecular weight is 308 g/mol. The zero-order chi connectivity index (χ0) is 15.2. The van der Waals surface area contributed by atoms with Crippen LogP contribution in [0.15, 0.2) is 42.5 Å². The van der Waals surface area contributed by atoms with Crippen LogP contribution in [-0.2, 0) is 0 Å². The molecule has 0 aliphatic heterocycles. The Morgan fingerprint density at radius 2 is 1.90 bits per heavy atom. The van der Waals surface area contributed by atoms with E-state index in [0.717, 1.165) is 29.1 Å². The number of halogens is 2. The lowest BCUT2D eigenvalue weighted by Gasteiger charge is -2.20. The summed E-state index contributed by atoms with van der Waals surface area (Å²) in [4.78, 5) is 0. The maximum absolute atomic E-state index is 13.5. The van der Waals surface area contributed by atoms with Crippen molar-refractivity contribution in [1.82, 2.24) is 0 Å². The molecule has 0 saturated heterocycles. The van der Waals surface area contributed by atoms with Crippen LogP contribution in [0.25, 0.3) is 0 Å². The molecule has 0 fully saturated rings. The summed E-state index contributed by atoms with van der Waals surface area (Å²) in [6, 6.07) is 12.7. The average Bonchev–Trinajstić information content (AvgIpc) is 2.49. The topological polar surface area (TPSA) is 21.3 Å². The van der Waals surface area contributed by atoms with E-state index in [1.54, 1.807) is 12.1 Å². The van der Waals surface area contributed by atoms with Crippen molar-refractivity contribution in [1.29, 1.82) is 0 Å². The van der Waals surface area contributed by atoms with Crippen molar-refractivity contribution in [2.24, 2.45) is 0 Å². The highest BCUT2D eigenvalue weighted by Crippen LogP contribution is 2.28. The summed E-state index contributed by atoms with van der Waals surface area (Å²) in [5.74, 6) is -0.118. The molecule has 1 unspecified atom stereocenters. The van der Waals surface area contributed by atoms with Gasteiger partial charge in [0, 0.05) is 16.8 Å². The van der Waals surface area contributed by atoms with Gasteiger partial charge in [-0.05, 0) is 36.2 Å². The molecule has 2 nitrogen and oxygen atoms in total. The Kier molecular flexibility index (Phi) is 5.45. The van der Waals surface area contributed by atoms with E-state index in [2.05, 4.69) is 12.2 Å². The molecule has 2 aromatic carbocycles. The molecule has 2 aromatic rings. The van der Waals surface area contributed by atoms with Gasteiger partial charge >= 0.3 is 0 Å². The van der Waals surface area contributed by atoms with Crippen LogP contribution in [0.4, 0.5) is 10.1 Å². The predicted molar refractivity (Wildman–Crippen MR) is 85.7 cm³/mol. The fourth-order valence-electron chi connectivity index (χ4n) is 2.26. The fourth-order valence-corrected chi connectivity index (χ4v) is 2.38. The number of methoxy groups -OCH3 is 1. The van der Waals surface area contributed by atoms with Gasteiger partial charge in [-0.2, -0.15) is 0 Å². The van der Waals surface area contributed by atoms with Crippen molar-refractivity contribution in [2.75, 3.05) is 12.4 Å². The third-order valence-electron chi connectivity index (χ3n) is 3.34. The predicted octanol–water partition coefficient (Wildman–Crippen LogP) is 5.44. The zero-order valence-electron chi connectivity index (χ0n) is 12.2. The van der Waals surface area contributed by atoms with Crippen molar-refractivity contribution in [3.05, 3.63) is 58.9 Å². The molecule has 0 aliphatic rings. The lowest BCUT2D eigenvalue weighted by atomic mass is 10.0. The van der Waals surface area contributed by atoms with E-state index in [0.29, 0.717) is 0 Å². The Hall–Kier alpha value is -1.74. The van der Waals surface area contributed by atoms with Crippen molar-refractivity contribution in [3.63, 3.8) is 0 Å². The molecule has 0 heterocycles. The molecule has 0 bridgehead atoms. The van der Waals surface area contributed by atoms with Gasteiger partial charge in [-0.3, -0.25) is 0 Å². The van der Waals surface area contributed by atoms with Gasteiger partial charge in [0.25, 0.3) is 0 Å². The highest BCUT2D eigenvalue weighted by atomic mass is 35.5. The van der Waals surface area contributed by atoms with E-state index < -0.39 is 0 Å². The third kappa shape index (κ3) is 4.11. The Bertz CT molecular complexity index is 586. The normalized spacial score (nSPS) is 12.0. The van der Waals surface area contributed by atoms with E-state index >= 15 is 0 Å². The molecule has 1 N–H and O–H groups in total. The minimum absolute atomic E-state index is 0.155. The number of ether oxygens (including phenoxy) is 1. The van der Waals surface area contributed by atoms with Crippen LogP contribution in [0.1, 0.15) is 31.4 Å². The van der Waals surface area contributed by atoms with Gasteiger partial charge in [0.1, 0.15) is 0 Å². The van der Waals surface area contributed by atoms with Crippen molar-refractivity contribution >= 4 is 17.3 Å². The number of rotatable bonds is 6. The summed E-state index contributed by atoms with van der Waals surface area (Å²) in [6.45, 7) is 2.13. The Morgan fingerprint density at radius 3 is 2.52 bits per heavy atom. The zero-order valence-corrected chi connectivity index (χ0v) is 13.0. The Labute approximate surface area is 129 Å². The van der Waals surface area contributed by atoms with Gasteiger partial charge in [0.15, 0.2) is 11.6 Å². The van der Waals surface area contributed by atoms with E-state index in [1.165, 1.54) is 13.2 Å². The summed E-state index contributed by atoms with van der Waals surface area (Å²) in [5, 5.41) is 4.15. The molecule has 0 radical (unpaired) electrons. The number of hydrogen-bond acceptors (Lipinski definition) is 2. The first-order valence-electron chi connectivity index (χ1n) is 6.99. The Balaban J connectivity index is 2.21. The molecule has 4 heteroatoms. The van der Waals surface area contributed by atoms with E-state index in [4.69, 9.17) is 16.3 Å². The highest BCUT2D eigenvalue weighted by molar-refractivity contribution is 6.30. The minimum Gasteiger partial charge on any atom is -0.494 e. The first-order chi connectivity index (χ1) is 10.1. The number of benzene rings is 2. The fraction of sp³-hybridized carbons (Fsp3) is 0.294. The number of hydrogen-bond donors (Lipinski definition) is 1. The van der Waals surface area contributed by atoms with Gasteiger partial charge in [-0.1, -0.05) is 37.1 Å². The van der Waals surface area contributed by atoms with Gasteiger partial charge in [-0.25, -0.2) is 4.39 Å². The number of anilines is 1. The first-order valence-corrected chi connectivity index (χ1v) is 7.37. The summed E-state index contributed by atoms with van der Waals surface area (Å²) >= 11 is 5.93. The highest BCUT2D eigenvalue weighted by Gasteiger charge is 2.12. The van der Waals surface area contributed by atoms with E-state index in [1.807, 2.05) is 24.3 Å². The maximum Gasteiger partial charge on any atom is 0.165 e. The molecule has 0 saturated carbocycles. The second-order valence-corrected chi connectivity index (χ2v) is 5.32. The van der Waals surface area contributed by atoms with Crippen LogP contribution in [0.5, 0.6) is 5.75 Å². The maximum atomic E-state index is 13.5. The smallest absolute Gasteiger partial charge is 0.165 e. The molecular weight excluding hydrogens is 289 g/mol. The number of nitrogens with one attached hydrogen (secondary N) is 1. The largest absolute Gasteiger partial charge is 0.494 e. The van der Waals surface area contributed by atoms with Gasteiger partial charge in [-0.15, -0.1) is 0 Å². The van der Waals surface area contributed by atoms with Crippen LogP contribution < -0.4 is 10.1 Å². The molecule has 112 valence electrons. The van der Waals surface area contributed by atoms with Crippen LogP contribution in [0.2, 0.25) is 5.02 Å². The molecule has 1 atom stereocenters. The second kappa shape index (κ2) is 7.32. The summed E-state index contributed by atoms with van der Waals surface area (Å²) in [5.41, 5.74) is 1.99. The molecule has 2 rings (SSSR count). The summed E-state index contributed by atoms with van der Waals surface area (Å²) < 4.78 is 18.5. The second-order valence-electron chi connectivity index (χ2n) is 4.89. The molecule has 0 aliphatic carbocycles. The molecule has 0 aromatic heterocycles. The van der Waals surface area contributed by atoms with Crippen LogP contribution in [-0.4, -0.2) is 7.11 Å². The summed E-state index contributed by atoms with van der Waals surface area (Å²) in [6.07, 6.45) is 2.01. The SMILES string of the molecule is CCCC(Nc1ccc(F)c(OC)c1)c1ccc(Cl)cc1. The molecule has 21 heavy (non-hydrogen) atoms. The third-order valence-corrected chi connectivity index (χ3v) is 3.59. The van der Waals surface area contributed by atoms with Crippen LogP contribution in [0, 0.1) is 5.82 Å². The standard InChI is InChI=1S/C17H19ClFNO/c1-3-4-16(12-5-7-13(18)8-6-12)20-14-9-10-15(19)17(11-14)21-2/h5-11,16,20H,3-4H2,1-2H3. The first kappa shape index (κ1) is 15.6. The van der Waals surface area contributed by atoms with Gasteiger partial charge in [0.2, 0.25) is 0 Å². The van der Waals surface area contributed by atoms with E-state index in [-0.39, 0.29) is 17.6 Å². The van der Waals surface area contributed by atoms with Crippen molar-refractivity contribution < 1.29 is 9.13 Å². The van der Waals surface area contributed by atoms with Crippen LogP contribution >= 0.6 is 11.6 Å². The minimum atomic E-state index is -0.360. The summed E-state index contributed by atoms with van der Waals surface area (Å²) in [7, 11) is 1.46. The van der Waals surface area contributed by atoms with Crippen LogP contribution in [0.3, 0.4) is 0 Å². The lowest BCUT2D eigenvalue weighted by Crippen LogP contribution is -2.10. The lowest BCUT2D eigenvalue weighted by molar-refractivity contribution is 0.386. The molecule has 0 amide bonds. The van der Waals surface area contributed by atoms with Crippen molar-refractivity contribution in [3.8, 4) is 5.75 Å². The Morgan fingerprint density at radius 1 is 1.19 bits per heavy atom. The van der Waals surface area contributed by atoms with Crippen molar-refractivity contribution in [2.45, 2.75) is 25.8 Å². The molecular formula is C17H19ClFNO. The monoisotopic (exact) mass is 307 g/mol. The van der Waals surface area contributed by atoms with E-state index in [9.17, 15) is 4.39 Å². The molecule has 0 spiro atoms. The quantitative estimate of drug-likeness (QED) is 0.767. The van der Waals surface area contributed by atoms with Gasteiger partial charge < -0.3 is 10.1 Å². The van der Waals surface area contributed by atoms with Gasteiger partial charge in [0.05, 0.1) is 13.2 Å².